The molecule has 3 rings (SSSR count). The molecule has 1 amide bonds. The van der Waals surface area contributed by atoms with Gasteiger partial charge in [0.2, 0.25) is 5.91 Å². The summed E-state index contributed by atoms with van der Waals surface area (Å²) in [5.41, 5.74) is 0.185. The Hall–Kier alpha value is -2.22. The maximum absolute atomic E-state index is 12.3. The fourth-order valence-electron chi connectivity index (χ4n) is 3.79. The molecule has 0 unspecified atom stereocenters. The quantitative estimate of drug-likeness (QED) is 0.826. The molecule has 0 aliphatic heterocycles. The smallest absolute Gasteiger partial charge is 0.240 e. The zero-order valence-corrected chi connectivity index (χ0v) is 14.7. The maximum Gasteiger partial charge on any atom is 0.240 e. The summed E-state index contributed by atoms with van der Waals surface area (Å²) in [7, 11) is 0. The van der Waals surface area contributed by atoms with Gasteiger partial charge in [-0.3, -0.25) is 4.79 Å². The molecule has 2 aliphatic carbocycles. The van der Waals surface area contributed by atoms with Crippen LogP contribution in [0.3, 0.4) is 0 Å². The van der Waals surface area contributed by atoms with Gasteiger partial charge in [0.15, 0.2) is 0 Å². The van der Waals surface area contributed by atoms with Crippen LogP contribution in [-0.2, 0) is 4.79 Å². The Morgan fingerprint density at radius 1 is 1.20 bits per heavy atom. The molecule has 2 fully saturated rings. The van der Waals surface area contributed by atoms with E-state index in [-0.39, 0.29) is 12.5 Å². The van der Waals surface area contributed by atoms with Gasteiger partial charge >= 0.3 is 0 Å². The summed E-state index contributed by atoms with van der Waals surface area (Å²) >= 11 is 0. The van der Waals surface area contributed by atoms with Crippen molar-refractivity contribution in [1.82, 2.24) is 5.32 Å². The van der Waals surface area contributed by atoms with Crippen molar-refractivity contribution in [2.45, 2.75) is 69.4 Å². The summed E-state index contributed by atoms with van der Waals surface area (Å²) in [6, 6.07) is 10.1. The van der Waals surface area contributed by atoms with Gasteiger partial charge in [-0.1, -0.05) is 25.3 Å². The average Bonchev–Trinajstić information content (AvgIpc) is 3.14. The molecule has 0 saturated heterocycles. The molecule has 0 aromatic heterocycles. The Kier molecular flexibility index (Phi) is 5.80. The predicted molar refractivity (Wildman–Crippen MR) is 97.4 cm³/mol. The van der Waals surface area contributed by atoms with Crippen molar-refractivity contribution < 1.29 is 9.53 Å². The topological polar surface area (TPSA) is 74.2 Å². The number of benzene rings is 1. The Labute approximate surface area is 149 Å². The van der Waals surface area contributed by atoms with Crippen molar-refractivity contribution in [3.63, 3.8) is 0 Å². The van der Waals surface area contributed by atoms with Gasteiger partial charge in [0.25, 0.3) is 0 Å². The third-order valence-electron chi connectivity index (χ3n) is 5.19. The van der Waals surface area contributed by atoms with E-state index in [1.54, 1.807) is 0 Å². The highest BCUT2D eigenvalue weighted by Crippen LogP contribution is 2.28. The number of rotatable bonds is 6. The molecule has 0 spiro atoms. The first-order valence-electron chi connectivity index (χ1n) is 9.42. The summed E-state index contributed by atoms with van der Waals surface area (Å²) in [4.78, 5) is 12.3. The highest BCUT2D eigenvalue weighted by atomic mass is 16.5. The van der Waals surface area contributed by atoms with E-state index >= 15 is 0 Å². The van der Waals surface area contributed by atoms with Crippen LogP contribution in [0.25, 0.3) is 0 Å². The van der Waals surface area contributed by atoms with Crippen LogP contribution in [0.5, 0.6) is 5.75 Å². The third-order valence-corrected chi connectivity index (χ3v) is 5.19. The number of nitrogens with one attached hydrogen (secondary N) is 2. The van der Waals surface area contributed by atoms with Gasteiger partial charge in [-0.15, -0.1) is 0 Å². The second-order valence-corrected chi connectivity index (χ2v) is 7.21. The van der Waals surface area contributed by atoms with Crippen LogP contribution in [-0.4, -0.2) is 24.1 Å². The Bertz CT molecular complexity index is 626. The van der Waals surface area contributed by atoms with E-state index in [4.69, 9.17) is 4.74 Å². The van der Waals surface area contributed by atoms with Crippen LogP contribution in [0.15, 0.2) is 24.3 Å². The zero-order chi connectivity index (χ0) is 17.5. The van der Waals surface area contributed by atoms with Crippen LogP contribution >= 0.6 is 0 Å². The summed E-state index contributed by atoms with van der Waals surface area (Å²) in [6.45, 7) is 0.163. The van der Waals surface area contributed by atoms with Gasteiger partial charge in [-0.05, 0) is 50.7 Å². The van der Waals surface area contributed by atoms with Crippen molar-refractivity contribution in [2.24, 2.45) is 0 Å². The summed E-state index contributed by atoms with van der Waals surface area (Å²) in [5.74, 6) is 0.712. The molecule has 0 heterocycles. The van der Waals surface area contributed by atoms with E-state index in [1.165, 1.54) is 12.8 Å². The monoisotopic (exact) mass is 341 g/mol. The van der Waals surface area contributed by atoms with E-state index in [2.05, 4.69) is 16.7 Å². The lowest BCUT2D eigenvalue weighted by Crippen LogP contribution is -2.50. The fraction of sp³-hybridized carbons (Fsp3) is 0.600. The van der Waals surface area contributed by atoms with Crippen LogP contribution in [0, 0.1) is 11.3 Å². The first kappa shape index (κ1) is 17.6. The lowest BCUT2D eigenvalue weighted by molar-refractivity contribution is -0.121. The zero-order valence-electron chi connectivity index (χ0n) is 14.7. The molecule has 1 aromatic carbocycles. The molecule has 0 atom stereocenters. The predicted octanol–water partition coefficient (Wildman–Crippen LogP) is 3.76. The lowest BCUT2D eigenvalue weighted by Gasteiger charge is -2.31. The van der Waals surface area contributed by atoms with Gasteiger partial charge in [0, 0.05) is 11.8 Å². The minimum atomic E-state index is -0.676. The standard InChI is InChI=1S/C20H27N3O2/c21-15-20(11-4-1-5-12-20)23-19(24)14-22-16-7-6-10-18(13-16)25-17-8-2-3-9-17/h6-7,10,13,17,22H,1-5,8-9,11-12,14H2,(H,23,24). The van der Waals surface area contributed by atoms with Gasteiger partial charge in [0.1, 0.15) is 11.3 Å². The van der Waals surface area contributed by atoms with E-state index in [0.717, 1.165) is 56.4 Å². The van der Waals surface area contributed by atoms with Crippen LogP contribution in [0.4, 0.5) is 5.69 Å². The number of carbonyl (C=O) groups is 1. The summed E-state index contributed by atoms with van der Waals surface area (Å²) in [5, 5.41) is 15.5. The van der Waals surface area contributed by atoms with E-state index in [1.807, 2.05) is 24.3 Å². The first-order chi connectivity index (χ1) is 12.2. The Morgan fingerprint density at radius 3 is 2.68 bits per heavy atom. The molecule has 25 heavy (non-hydrogen) atoms. The Morgan fingerprint density at radius 2 is 1.96 bits per heavy atom. The number of nitriles is 1. The van der Waals surface area contributed by atoms with E-state index < -0.39 is 5.54 Å². The normalized spacial score (nSPS) is 19.8. The number of ether oxygens (including phenoxy) is 1. The molecule has 2 N–H and O–H groups in total. The number of hydrogen-bond acceptors (Lipinski definition) is 4. The molecule has 134 valence electrons. The van der Waals surface area contributed by atoms with Crippen molar-refractivity contribution in [2.75, 3.05) is 11.9 Å². The van der Waals surface area contributed by atoms with Gasteiger partial charge in [-0.2, -0.15) is 5.26 Å². The van der Waals surface area contributed by atoms with Crippen molar-refractivity contribution in [3.05, 3.63) is 24.3 Å². The number of nitrogens with zero attached hydrogens (tertiary/aromatic N) is 1. The van der Waals surface area contributed by atoms with E-state index in [0.29, 0.717) is 6.10 Å². The first-order valence-corrected chi connectivity index (χ1v) is 9.42. The summed E-state index contributed by atoms with van der Waals surface area (Å²) < 4.78 is 5.99. The Balaban J connectivity index is 1.50. The maximum atomic E-state index is 12.3. The van der Waals surface area contributed by atoms with Gasteiger partial charge < -0.3 is 15.4 Å². The molecule has 5 nitrogen and oxygen atoms in total. The van der Waals surface area contributed by atoms with Gasteiger partial charge in [0.05, 0.1) is 18.7 Å². The number of hydrogen-bond donors (Lipinski definition) is 2. The SMILES string of the molecule is N#CC1(NC(=O)CNc2cccc(OC3CCCC3)c2)CCCCC1. The fourth-order valence-corrected chi connectivity index (χ4v) is 3.79. The molecule has 2 saturated carbocycles. The third kappa shape index (κ3) is 4.88. The minimum absolute atomic E-state index is 0.134. The van der Waals surface area contributed by atoms with E-state index in [9.17, 15) is 10.1 Å². The number of anilines is 1. The molecule has 0 radical (unpaired) electrons. The molecular formula is C20H27N3O2. The average molecular weight is 341 g/mol. The van der Waals surface area contributed by atoms with Gasteiger partial charge in [-0.25, -0.2) is 0 Å². The molecule has 5 heteroatoms. The van der Waals surface area contributed by atoms with Crippen molar-refractivity contribution in [3.8, 4) is 11.8 Å². The molecule has 1 aromatic rings. The second-order valence-electron chi connectivity index (χ2n) is 7.21. The molecule has 0 bridgehead atoms. The number of carbonyl (C=O) groups excluding carboxylic acids is 1. The molecule has 2 aliphatic rings. The summed E-state index contributed by atoms with van der Waals surface area (Å²) in [6.07, 6.45) is 9.69. The van der Waals surface area contributed by atoms with Crippen molar-refractivity contribution >= 4 is 11.6 Å². The number of amides is 1. The van der Waals surface area contributed by atoms with Crippen LogP contribution < -0.4 is 15.4 Å². The largest absolute Gasteiger partial charge is 0.490 e. The molecular weight excluding hydrogens is 314 g/mol. The van der Waals surface area contributed by atoms with Crippen LogP contribution in [0.2, 0.25) is 0 Å². The second kappa shape index (κ2) is 8.24. The van der Waals surface area contributed by atoms with Crippen molar-refractivity contribution in [1.29, 1.82) is 5.26 Å². The minimum Gasteiger partial charge on any atom is -0.490 e. The lowest BCUT2D eigenvalue weighted by atomic mass is 9.83. The highest BCUT2D eigenvalue weighted by Gasteiger charge is 2.33. The highest BCUT2D eigenvalue weighted by molar-refractivity contribution is 5.82. The van der Waals surface area contributed by atoms with Crippen LogP contribution in [0.1, 0.15) is 57.8 Å².